The van der Waals surface area contributed by atoms with Crippen molar-refractivity contribution < 1.29 is 18.8 Å². The second kappa shape index (κ2) is 8.79. The zero-order valence-corrected chi connectivity index (χ0v) is 18.9. The third-order valence-corrected chi connectivity index (χ3v) is 10.5. The molecule has 0 unspecified atom stereocenters. The highest BCUT2D eigenvalue weighted by Crippen LogP contribution is 2.37. The fourth-order valence-electron chi connectivity index (χ4n) is 4.10. The topological polar surface area (TPSA) is 48.0 Å². The van der Waals surface area contributed by atoms with Crippen LogP contribution in [0.15, 0.2) is 60.7 Å². The second-order valence-corrected chi connectivity index (χ2v) is 12.9. The van der Waals surface area contributed by atoms with Crippen molar-refractivity contribution in [2.45, 2.75) is 51.5 Å². The standard InChI is InChI=1S/C23H31NO4Si/c1-18(25)27-22-16-19(24(5)28-22)17-26-29(23(2,3)4,20-12-8-6-9-13-20)21-14-10-7-11-15-21/h6-15,19,22H,16-17H2,1-5H3/t19-,22+/m1/s1. The van der Waals surface area contributed by atoms with Crippen LogP contribution in [0.5, 0.6) is 0 Å². The van der Waals surface area contributed by atoms with Gasteiger partial charge in [0.15, 0.2) is 0 Å². The number of esters is 1. The van der Waals surface area contributed by atoms with Crippen LogP contribution >= 0.6 is 0 Å². The molecule has 0 bridgehead atoms. The van der Waals surface area contributed by atoms with E-state index >= 15 is 0 Å². The first-order valence-electron chi connectivity index (χ1n) is 10.1. The van der Waals surface area contributed by atoms with E-state index in [1.807, 2.05) is 19.2 Å². The van der Waals surface area contributed by atoms with E-state index in [4.69, 9.17) is 14.0 Å². The molecule has 1 aliphatic heterocycles. The van der Waals surface area contributed by atoms with E-state index in [1.165, 1.54) is 17.3 Å². The monoisotopic (exact) mass is 413 g/mol. The zero-order valence-electron chi connectivity index (χ0n) is 17.9. The molecule has 0 aromatic heterocycles. The number of rotatable bonds is 6. The van der Waals surface area contributed by atoms with E-state index in [0.717, 1.165) is 0 Å². The summed E-state index contributed by atoms with van der Waals surface area (Å²) in [6, 6.07) is 21.1. The first-order chi connectivity index (χ1) is 13.7. The molecule has 1 fully saturated rings. The predicted octanol–water partition coefficient (Wildman–Crippen LogP) is 3.09. The third kappa shape index (κ3) is 4.61. The van der Waals surface area contributed by atoms with Crippen molar-refractivity contribution in [1.82, 2.24) is 5.06 Å². The summed E-state index contributed by atoms with van der Waals surface area (Å²) >= 11 is 0. The molecule has 0 spiro atoms. The van der Waals surface area contributed by atoms with Gasteiger partial charge in [-0.2, -0.15) is 5.06 Å². The van der Waals surface area contributed by atoms with Crippen molar-refractivity contribution in [3.05, 3.63) is 60.7 Å². The molecule has 0 N–H and O–H groups in total. The van der Waals surface area contributed by atoms with Gasteiger partial charge < -0.3 is 9.16 Å². The molecule has 3 rings (SSSR count). The van der Waals surface area contributed by atoms with Crippen molar-refractivity contribution >= 4 is 24.7 Å². The maximum atomic E-state index is 11.3. The fraction of sp³-hybridized carbons (Fsp3) is 0.435. The molecule has 0 aliphatic carbocycles. The lowest BCUT2D eigenvalue weighted by atomic mass is 10.2. The minimum atomic E-state index is -2.59. The molecule has 0 saturated carbocycles. The number of benzene rings is 2. The summed E-state index contributed by atoms with van der Waals surface area (Å²) in [6.45, 7) is 8.68. The Kier molecular flexibility index (Phi) is 6.58. The van der Waals surface area contributed by atoms with Crippen molar-refractivity contribution in [3.8, 4) is 0 Å². The van der Waals surface area contributed by atoms with Crippen LogP contribution in [-0.2, 0) is 18.8 Å². The Morgan fingerprint density at radius 2 is 1.59 bits per heavy atom. The van der Waals surface area contributed by atoms with Gasteiger partial charge in [0.05, 0.1) is 12.6 Å². The van der Waals surface area contributed by atoms with Crippen LogP contribution in [0.2, 0.25) is 5.04 Å². The number of hydrogen-bond donors (Lipinski definition) is 0. The van der Waals surface area contributed by atoms with E-state index in [1.54, 1.807) is 5.06 Å². The van der Waals surface area contributed by atoms with E-state index < -0.39 is 14.6 Å². The Labute approximate surface area is 174 Å². The first kappa shape index (κ1) is 21.7. The summed E-state index contributed by atoms with van der Waals surface area (Å²) in [4.78, 5) is 17.0. The maximum Gasteiger partial charge on any atom is 0.304 e. The van der Waals surface area contributed by atoms with Gasteiger partial charge in [0.2, 0.25) is 6.29 Å². The molecule has 2 aromatic rings. The molecule has 1 heterocycles. The summed E-state index contributed by atoms with van der Waals surface area (Å²) < 4.78 is 12.2. The van der Waals surface area contributed by atoms with E-state index in [9.17, 15) is 4.79 Å². The minimum Gasteiger partial charge on any atom is -0.434 e. The van der Waals surface area contributed by atoms with Gasteiger partial charge in [-0.3, -0.25) is 9.63 Å². The number of likely N-dealkylation sites (N-methyl/N-ethyl adjacent to an activating group) is 1. The lowest BCUT2D eigenvalue weighted by Gasteiger charge is -2.43. The summed E-state index contributed by atoms with van der Waals surface area (Å²) in [6.07, 6.45) is 0.0409. The average molecular weight is 414 g/mol. The molecule has 1 saturated heterocycles. The highest BCUT2D eigenvalue weighted by molar-refractivity contribution is 6.99. The van der Waals surface area contributed by atoms with Gasteiger partial charge in [-0.1, -0.05) is 81.4 Å². The van der Waals surface area contributed by atoms with Gasteiger partial charge in [0, 0.05) is 20.4 Å². The number of carbonyl (C=O) groups is 1. The number of hydrogen-bond acceptors (Lipinski definition) is 5. The summed E-state index contributed by atoms with van der Waals surface area (Å²) in [5.74, 6) is -0.336. The average Bonchev–Trinajstić information content (AvgIpc) is 3.01. The Bertz CT molecular complexity index is 767. The van der Waals surface area contributed by atoms with Gasteiger partial charge in [-0.25, -0.2) is 0 Å². The van der Waals surface area contributed by atoms with Crippen LogP contribution in [0.3, 0.4) is 0 Å². The Balaban J connectivity index is 1.93. The lowest BCUT2D eigenvalue weighted by Crippen LogP contribution is -2.67. The van der Waals surface area contributed by atoms with Gasteiger partial charge >= 0.3 is 5.97 Å². The maximum absolute atomic E-state index is 11.3. The molecular weight excluding hydrogens is 382 g/mol. The van der Waals surface area contributed by atoms with Gasteiger partial charge in [0.1, 0.15) is 0 Å². The molecule has 1 aliphatic rings. The Morgan fingerprint density at radius 3 is 2.03 bits per heavy atom. The van der Waals surface area contributed by atoms with Crippen LogP contribution < -0.4 is 10.4 Å². The zero-order chi connectivity index (χ0) is 21.1. The molecule has 29 heavy (non-hydrogen) atoms. The van der Waals surface area contributed by atoms with Crippen molar-refractivity contribution in [2.24, 2.45) is 0 Å². The van der Waals surface area contributed by atoms with Crippen LogP contribution in [0.4, 0.5) is 0 Å². The molecule has 6 heteroatoms. The van der Waals surface area contributed by atoms with E-state index in [2.05, 4.69) is 69.3 Å². The normalized spacial score (nSPS) is 20.6. The molecule has 156 valence electrons. The molecule has 0 amide bonds. The Morgan fingerprint density at radius 1 is 1.07 bits per heavy atom. The van der Waals surface area contributed by atoms with Crippen LogP contribution in [0.1, 0.15) is 34.1 Å². The minimum absolute atomic E-state index is 0.0148. The third-order valence-electron chi connectivity index (χ3n) is 5.47. The quantitative estimate of drug-likeness (QED) is 0.538. The van der Waals surface area contributed by atoms with Gasteiger partial charge in [-0.15, -0.1) is 0 Å². The number of ether oxygens (including phenoxy) is 1. The molecule has 2 atom stereocenters. The largest absolute Gasteiger partial charge is 0.434 e. The van der Waals surface area contributed by atoms with Crippen LogP contribution in [0.25, 0.3) is 0 Å². The summed E-state index contributed by atoms with van der Waals surface area (Å²) in [5.41, 5.74) is 0. The highest BCUT2D eigenvalue weighted by atomic mass is 28.4. The summed E-state index contributed by atoms with van der Waals surface area (Å²) in [5, 5.41) is 4.17. The van der Waals surface area contributed by atoms with Crippen molar-refractivity contribution in [1.29, 1.82) is 0 Å². The van der Waals surface area contributed by atoms with Crippen LogP contribution in [0, 0.1) is 0 Å². The predicted molar refractivity (Wildman–Crippen MR) is 116 cm³/mol. The molecular formula is C23H31NO4Si. The second-order valence-electron chi connectivity index (χ2n) is 8.55. The van der Waals surface area contributed by atoms with Crippen molar-refractivity contribution in [3.63, 3.8) is 0 Å². The van der Waals surface area contributed by atoms with Gasteiger partial charge in [-0.05, 0) is 15.4 Å². The van der Waals surface area contributed by atoms with Gasteiger partial charge in [0.25, 0.3) is 8.32 Å². The lowest BCUT2D eigenvalue weighted by molar-refractivity contribution is -0.226. The molecule has 2 aromatic carbocycles. The van der Waals surface area contributed by atoms with Crippen LogP contribution in [-0.4, -0.2) is 45.3 Å². The van der Waals surface area contributed by atoms with E-state index in [0.29, 0.717) is 13.0 Å². The molecule has 5 nitrogen and oxygen atoms in total. The van der Waals surface area contributed by atoms with E-state index in [-0.39, 0.29) is 17.0 Å². The summed E-state index contributed by atoms with van der Waals surface area (Å²) in [7, 11) is -0.726. The highest BCUT2D eigenvalue weighted by Gasteiger charge is 2.51. The Hall–Kier alpha value is -1.99. The molecule has 0 radical (unpaired) electrons. The number of carbonyl (C=O) groups excluding carboxylic acids is 1. The SMILES string of the molecule is CC(=O)O[C@@H]1C[C@H](CO[Si](c2ccccc2)(c2ccccc2)C(C)(C)C)N(C)O1. The number of hydroxylamine groups is 2. The number of nitrogens with zero attached hydrogens (tertiary/aromatic N) is 1. The fourth-order valence-corrected chi connectivity index (χ4v) is 8.69. The van der Waals surface area contributed by atoms with Crippen molar-refractivity contribution in [2.75, 3.05) is 13.7 Å². The first-order valence-corrected chi connectivity index (χ1v) is 12.0. The smallest absolute Gasteiger partial charge is 0.304 e.